The molecule has 10 rings (SSSR count). The van der Waals surface area contributed by atoms with Crippen molar-refractivity contribution in [1.82, 2.24) is 70.3 Å². The third-order valence-electron chi connectivity index (χ3n) is 14.8. The molecule has 400 valence electrons. The first kappa shape index (κ1) is 52.5. The third-order valence-corrected chi connectivity index (χ3v) is 14.8. The number of rotatable bonds is 22. The van der Waals surface area contributed by atoms with Gasteiger partial charge in [0.2, 0.25) is 0 Å². The van der Waals surface area contributed by atoms with Crippen molar-refractivity contribution in [3.05, 3.63) is 149 Å². The topological polar surface area (TPSA) is 254 Å². The number of aromatic nitrogens is 10. The average molecular weight is 1050 g/mol. The van der Waals surface area contributed by atoms with Gasteiger partial charge in [0.05, 0.1) is 49.9 Å². The van der Waals surface area contributed by atoms with Crippen molar-refractivity contribution in [3.8, 4) is 17.6 Å². The Labute approximate surface area is 445 Å². The van der Waals surface area contributed by atoms with Gasteiger partial charge in [0.15, 0.2) is 23.3 Å². The van der Waals surface area contributed by atoms with Crippen LogP contribution in [-0.2, 0) is 49.5 Å². The fourth-order valence-electron chi connectivity index (χ4n) is 10.6. The highest BCUT2D eigenvalue weighted by molar-refractivity contribution is 5.95. The highest BCUT2D eigenvalue weighted by Crippen LogP contribution is 2.45. The van der Waals surface area contributed by atoms with Crippen molar-refractivity contribution >= 4 is 23.2 Å². The van der Waals surface area contributed by atoms with Crippen LogP contribution in [0.1, 0.15) is 125 Å². The zero-order chi connectivity index (χ0) is 53.0. The Hall–Kier alpha value is -7.97. The van der Waals surface area contributed by atoms with Gasteiger partial charge in [0.25, 0.3) is 11.8 Å². The number of nitriles is 1. The Morgan fingerprint density at radius 2 is 1.52 bits per heavy atom. The largest absolute Gasteiger partial charge is 0.378 e. The monoisotopic (exact) mass is 1050 g/mol. The SMILES string of the molecule is Cn1ccnc1[C@H](NC(=O)c1cccc(NCc2nnc(C3NCNCC34CCCCCCC4)n2CCOOCCn2c(CNc3cccc(C(=O)NCc4cc(C#N)ccc4F)c3)nnc2-c2ccncn2)c1)C1CC1. The molecule has 1 aliphatic heterocycles. The molecule has 2 atom stereocenters. The van der Waals surface area contributed by atoms with Crippen LogP contribution in [0.15, 0.2) is 97.7 Å². The maximum Gasteiger partial charge on any atom is 0.251 e. The Bertz CT molecular complexity index is 3160. The summed E-state index contributed by atoms with van der Waals surface area (Å²) in [5.41, 5.74) is 3.40. The smallest absolute Gasteiger partial charge is 0.251 e. The number of carbonyl (C=O) groups excluding carboxylic acids is 2. The lowest BCUT2D eigenvalue weighted by Crippen LogP contribution is -2.54. The summed E-state index contributed by atoms with van der Waals surface area (Å²) in [5.74, 6) is 2.84. The third kappa shape index (κ3) is 12.8. The Balaban J connectivity index is 0.798. The van der Waals surface area contributed by atoms with E-state index in [1.165, 1.54) is 43.8 Å². The maximum absolute atomic E-state index is 14.4. The van der Waals surface area contributed by atoms with Gasteiger partial charge in [-0.3, -0.25) is 14.9 Å². The average Bonchev–Trinajstić information content (AvgIpc) is 3.96. The molecule has 5 heterocycles. The number of amides is 2. The molecule has 77 heavy (non-hydrogen) atoms. The van der Waals surface area contributed by atoms with Gasteiger partial charge in [-0.2, -0.15) is 5.26 Å². The van der Waals surface area contributed by atoms with Gasteiger partial charge in [-0.1, -0.05) is 44.2 Å². The van der Waals surface area contributed by atoms with E-state index in [0.717, 1.165) is 68.2 Å². The molecule has 2 amide bonds. The lowest BCUT2D eigenvalue weighted by molar-refractivity contribution is -0.297. The zero-order valence-corrected chi connectivity index (χ0v) is 43.1. The molecule has 3 aliphatic rings. The molecular formula is C55H64FN17O4. The van der Waals surface area contributed by atoms with Crippen molar-refractivity contribution in [2.45, 2.75) is 103 Å². The molecule has 21 nitrogen and oxygen atoms in total. The number of nitrogens with zero attached hydrogens (tertiary/aromatic N) is 11. The molecule has 1 spiro atoms. The minimum atomic E-state index is -0.507. The van der Waals surface area contributed by atoms with E-state index < -0.39 is 11.7 Å². The first-order valence-electron chi connectivity index (χ1n) is 26.5. The fraction of sp³-hybridized carbons (Fsp3) is 0.418. The number of nitrogens with one attached hydrogen (secondary N) is 6. The van der Waals surface area contributed by atoms with Crippen LogP contribution < -0.4 is 31.9 Å². The number of anilines is 2. The fourth-order valence-corrected chi connectivity index (χ4v) is 10.6. The predicted octanol–water partition coefficient (Wildman–Crippen LogP) is 6.68. The Morgan fingerprint density at radius 3 is 2.21 bits per heavy atom. The molecule has 4 aromatic heterocycles. The van der Waals surface area contributed by atoms with Crippen LogP contribution in [0.2, 0.25) is 0 Å². The van der Waals surface area contributed by atoms with Crippen molar-refractivity contribution in [2.75, 3.05) is 37.1 Å². The summed E-state index contributed by atoms with van der Waals surface area (Å²) in [5, 5.41) is 48.2. The summed E-state index contributed by atoms with van der Waals surface area (Å²) < 4.78 is 20.4. The van der Waals surface area contributed by atoms with Crippen molar-refractivity contribution in [3.63, 3.8) is 0 Å². The normalized spacial score (nSPS) is 16.7. The molecule has 2 saturated carbocycles. The van der Waals surface area contributed by atoms with Crippen molar-refractivity contribution < 1.29 is 23.8 Å². The second-order valence-corrected chi connectivity index (χ2v) is 20.0. The zero-order valence-electron chi connectivity index (χ0n) is 43.1. The van der Waals surface area contributed by atoms with Crippen LogP contribution in [0.3, 0.4) is 0 Å². The lowest BCUT2D eigenvalue weighted by atomic mass is 9.69. The summed E-state index contributed by atoms with van der Waals surface area (Å²) in [4.78, 5) is 51.7. The van der Waals surface area contributed by atoms with Crippen LogP contribution in [0.25, 0.3) is 11.5 Å². The quantitative estimate of drug-likeness (QED) is 0.0235. The molecule has 0 bridgehead atoms. The number of aryl methyl sites for hydroxylation is 1. The number of halogens is 1. The van der Waals surface area contributed by atoms with Crippen LogP contribution >= 0.6 is 0 Å². The molecule has 0 radical (unpaired) electrons. The minimum absolute atomic E-state index is 0.0278. The molecule has 1 saturated heterocycles. The molecule has 7 aromatic rings. The van der Waals surface area contributed by atoms with Gasteiger partial charge in [0.1, 0.15) is 36.9 Å². The van der Waals surface area contributed by atoms with Gasteiger partial charge in [-0.25, -0.2) is 29.1 Å². The van der Waals surface area contributed by atoms with Crippen LogP contribution in [0.4, 0.5) is 15.8 Å². The van der Waals surface area contributed by atoms with E-state index in [1.54, 1.807) is 36.7 Å². The van der Waals surface area contributed by atoms with E-state index in [-0.39, 0.29) is 55.3 Å². The molecule has 3 fully saturated rings. The summed E-state index contributed by atoms with van der Waals surface area (Å²) in [6, 6.07) is 22.0. The van der Waals surface area contributed by atoms with Gasteiger partial charge >= 0.3 is 0 Å². The van der Waals surface area contributed by atoms with E-state index in [0.29, 0.717) is 71.9 Å². The first-order chi connectivity index (χ1) is 37.7. The highest BCUT2D eigenvalue weighted by Gasteiger charge is 2.44. The molecule has 22 heteroatoms. The Morgan fingerprint density at radius 1 is 0.818 bits per heavy atom. The minimum Gasteiger partial charge on any atom is -0.378 e. The van der Waals surface area contributed by atoms with Gasteiger partial charge in [-0.15, -0.1) is 20.4 Å². The number of imidazole rings is 1. The van der Waals surface area contributed by atoms with Gasteiger partial charge < -0.3 is 40.3 Å². The summed E-state index contributed by atoms with van der Waals surface area (Å²) >= 11 is 0. The maximum atomic E-state index is 14.4. The second kappa shape index (κ2) is 24.8. The van der Waals surface area contributed by atoms with E-state index >= 15 is 0 Å². The highest BCUT2D eigenvalue weighted by atomic mass is 19.1. The molecular weight excluding hydrogens is 982 g/mol. The van der Waals surface area contributed by atoms with Gasteiger partial charge in [0, 0.05) is 78.9 Å². The summed E-state index contributed by atoms with van der Waals surface area (Å²) in [6.07, 6.45) is 17.1. The summed E-state index contributed by atoms with van der Waals surface area (Å²) in [7, 11) is 1.96. The number of carbonyl (C=O) groups is 2. The molecule has 2 aliphatic carbocycles. The first-order valence-corrected chi connectivity index (χ1v) is 26.5. The number of benzene rings is 3. The van der Waals surface area contributed by atoms with Crippen LogP contribution in [-0.4, -0.2) is 87.3 Å². The van der Waals surface area contributed by atoms with Crippen LogP contribution in [0, 0.1) is 28.5 Å². The second-order valence-electron chi connectivity index (χ2n) is 20.0. The molecule has 6 N–H and O–H groups in total. The molecule has 3 aromatic carbocycles. The standard InChI is InChI=1S/C55H64FN17O4/c1-71-22-21-60-51(71)48(38-14-15-38)66-54(75)40-10-8-12-43(29-40)62-33-47-68-70-52(49-55(34-59-36-65-49)18-5-3-2-4-6-19-55)73(47)24-26-77-76-25-23-72-46(67-69-50(72)45-17-20-58-35-64-45)32-61-42-11-7-9-39(28-42)53(74)63-31-41-27-37(30-57)13-16-44(41)56/h7-13,16-17,20-22,27-29,35,38,48-49,59,61-62,65H,2-6,14-15,18-19,23-26,31-34,36H2,1H3,(H,63,74)(H,66,75)/t48-,49?/m1/s1. The van der Waals surface area contributed by atoms with E-state index in [4.69, 9.17) is 20.0 Å². The summed E-state index contributed by atoms with van der Waals surface area (Å²) in [6.45, 7) is 3.13. The number of hydrogen-bond acceptors (Lipinski definition) is 16. The van der Waals surface area contributed by atoms with Crippen molar-refractivity contribution in [2.24, 2.45) is 18.4 Å². The van der Waals surface area contributed by atoms with E-state index in [2.05, 4.69) is 61.6 Å². The van der Waals surface area contributed by atoms with Crippen LogP contribution in [0.5, 0.6) is 0 Å². The van der Waals surface area contributed by atoms with Gasteiger partial charge in [-0.05, 0) is 92.3 Å². The predicted molar refractivity (Wildman–Crippen MR) is 282 cm³/mol. The lowest BCUT2D eigenvalue weighted by Gasteiger charge is -2.45. The van der Waals surface area contributed by atoms with Crippen molar-refractivity contribution in [1.29, 1.82) is 5.26 Å². The number of hydrogen-bond donors (Lipinski definition) is 6. The van der Waals surface area contributed by atoms with E-state index in [1.807, 2.05) is 58.8 Å². The van der Waals surface area contributed by atoms with E-state index in [9.17, 15) is 19.2 Å². The Kier molecular flexibility index (Phi) is 16.9. The molecule has 1 unspecified atom stereocenters.